The van der Waals surface area contributed by atoms with Crippen LogP contribution < -0.4 is 0 Å². The van der Waals surface area contributed by atoms with Crippen LogP contribution in [0.2, 0.25) is 0 Å². The van der Waals surface area contributed by atoms with Gasteiger partial charge in [-0.15, -0.1) is 0 Å². The Morgan fingerprint density at radius 1 is 1.00 bits per heavy atom. The standard InChI is InChI=1S/C17H32O2/c1-4-5-6-7-8-9-10-11-12-13-16(2)14-15-17(18)19-3/h14-16H,4-13H2,1-3H3/b15-14-. The highest BCUT2D eigenvalue weighted by Gasteiger charge is 1.99. The van der Waals surface area contributed by atoms with Gasteiger partial charge in [0.25, 0.3) is 0 Å². The normalized spacial score (nSPS) is 12.8. The van der Waals surface area contributed by atoms with Crippen molar-refractivity contribution in [2.75, 3.05) is 7.11 Å². The molecule has 112 valence electrons. The number of methoxy groups -OCH3 is 1. The van der Waals surface area contributed by atoms with Crippen LogP contribution in [0, 0.1) is 5.92 Å². The van der Waals surface area contributed by atoms with Crippen LogP contribution in [0.15, 0.2) is 12.2 Å². The summed E-state index contributed by atoms with van der Waals surface area (Å²) in [7, 11) is 1.41. The van der Waals surface area contributed by atoms with Crippen LogP contribution in [-0.2, 0) is 9.53 Å². The second-order valence-corrected chi connectivity index (χ2v) is 5.48. The minimum atomic E-state index is -0.251. The molecule has 0 rings (SSSR count). The zero-order valence-corrected chi connectivity index (χ0v) is 13.1. The summed E-state index contributed by atoms with van der Waals surface area (Å²) in [6, 6.07) is 0. The predicted octanol–water partition coefficient (Wildman–Crippen LogP) is 5.27. The van der Waals surface area contributed by atoms with Gasteiger partial charge in [0.05, 0.1) is 7.11 Å². The maximum absolute atomic E-state index is 10.9. The molecule has 0 aromatic heterocycles. The number of rotatable bonds is 12. The maximum Gasteiger partial charge on any atom is 0.330 e. The summed E-state index contributed by atoms with van der Waals surface area (Å²) < 4.78 is 4.57. The Bertz CT molecular complexity index is 233. The van der Waals surface area contributed by atoms with Gasteiger partial charge in [-0.25, -0.2) is 4.79 Å². The minimum absolute atomic E-state index is 0.251. The number of allylic oxidation sites excluding steroid dienone is 1. The Kier molecular flexibility index (Phi) is 13.1. The summed E-state index contributed by atoms with van der Waals surface area (Å²) in [6.07, 6.45) is 16.9. The molecule has 2 heteroatoms. The lowest BCUT2D eigenvalue weighted by Gasteiger charge is -2.06. The summed E-state index contributed by atoms with van der Waals surface area (Å²) >= 11 is 0. The van der Waals surface area contributed by atoms with Crippen LogP contribution in [0.4, 0.5) is 0 Å². The van der Waals surface area contributed by atoms with Gasteiger partial charge in [0, 0.05) is 6.08 Å². The highest BCUT2D eigenvalue weighted by atomic mass is 16.5. The van der Waals surface area contributed by atoms with E-state index in [4.69, 9.17) is 0 Å². The second kappa shape index (κ2) is 13.6. The Morgan fingerprint density at radius 2 is 1.53 bits per heavy atom. The third-order valence-corrected chi connectivity index (χ3v) is 3.53. The van der Waals surface area contributed by atoms with Crippen molar-refractivity contribution in [3.05, 3.63) is 12.2 Å². The fourth-order valence-electron chi connectivity index (χ4n) is 2.18. The largest absolute Gasteiger partial charge is 0.466 e. The molecule has 0 aromatic rings. The van der Waals surface area contributed by atoms with Gasteiger partial charge in [-0.2, -0.15) is 0 Å². The molecule has 0 saturated heterocycles. The number of ether oxygens (including phenoxy) is 1. The maximum atomic E-state index is 10.9. The van der Waals surface area contributed by atoms with Crippen molar-refractivity contribution in [1.29, 1.82) is 0 Å². The summed E-state index contributed by atoms with van der Waals surface area (Å²) in [6.45, 7) is 4.42. The van der Waals surface area contributed by atoms with Crippen LogP contribution in [0.3, 0.4) is 0 Å². The lowest BCUT2D eigenvalue weighted by molar-refractivity contribution is -0.134. The van der Waals surface area contributed by atoms with Crippen molar-refractivity contribution >= 4 is 5.97 Å². The molecule has 1 unspecified atom stereocenters. The summed E-state index contributed by atoms with van der Waals surface area (Å²) in [5.74, 6) is 0.225. The van der Waals surface area contributed by atoms with Crippen molar-refractivity contribution in [3.63, 3.8) is 0 Å². The smallest absolute Gasteiger partial charge is 0.330 e. The zero-order chi connectivity index (χ0) is 14.3. The highest BCUT2D eigenvalue weighted by molar-refractivity contribution is 5.81. The van der Waals surface area contributed by atoms with Crippen LogP contribution in [0.1, 0.15) is 78.1 Å². The van der Waals surface area contributed by atoms with E-state index >= 15 is 0 Å². The molecule has 1 atom stereocenters. The van der Waals surface area contributed by atoms with Crippen molar-refractivity contribution in [2.45, 2.75) is 78.1 Å². The van der Waals surface area contributed by atoms with E-state index in [1.54, 1.807) is 6.08 Å². The van der Waals surface area contributed by atoms with E-state index in [1.165, 1.54) is 71.3 Å². The van der Waals surface area contributed by atoms with Gasteiger partial charge < -0.3 is 4.74 Å². The van der Waals surface area contributed by atoms with E-state index in [1.807, 2.05) is 6.08 Å². The lowest BCUT2D eigenvalue weighted by Crippen LogP contribution is -1.96. The van der Waals surface area contributed by atoms with Gasteiger partial charge in [0.15, 0.2) is 0 Å². The van der Waals surface area contributed by atoms with Crippen molar-refractivity contribution < 1.29 is 9.53 Å². The molecule has 0 radical (unpaired) electrons. The van der Waals surface area contributed by atoms with Gasteiger partial charge in [0.2, 0.25) is 0 Å². The quantitative estimate of drug-likeness (QED) is 0.274. The van der Waals surface area contributed by atoms with Gasteiger partial charge in [-0.1, -0.05) is 77.7 Å². The van der Waals surface area contributed by atoms with Crippen molar-refractivity contribution in [1.82, 2.24) is 0 Å². The molecular weight excluding hydrogens is 236 g/mol. The third-order valence-electron chi connectivity index (χ3n) is 3.53. The average Bonchev–Trinajstić information content (AvgIpc) is 2.42. The van der Waals surface area contributed by atoms with Gasteiger partial charge in [0.1, 0.15) is 0 Å². The topological polar surface area (TPSA) is 26.3 Å². The Balaban J connectivity index is 3.29. The molecule has 19 heavy (non-hydrogen) atoms. The monoisotopic (exact) mass is 268 g/mol. The number of hydrogen-bond donors (Lipinski definition) is 0. The number of carbonyl (C=O) groups is 1. The van der Waals surface area contributed by atoms with E-state index < -0.39 is 0 Å². The Hall–Kier alpha value is -0.790. The molecule has 0 aliphatic carbocycles. The van der Waals surface area contributed by atoms with E-state index in [-0.39, 0.29) is 5.97 Å². The summed E-state index contributed by atoms with van der Waals surface area (Å²) in [5.41, 5.74) is 0. The van der Waals surface area contributed by atoms with Gasteiger partial charge in [-0.3, -0.25) is 0 Å². The number of esters is 1. The third kappa shape index (κ3) is 13.4. The first kappa shape index (κ1) is 18.2. The predicted molar refractivity (Wildman–Crippen MR) is 82.2 cm³/mol. The molecule has 0 spiro atoms. The molecule has 0 aliphatic rings. The Morgan fingerprint density at radius 3 is 2.05 bits per heavy atom. The summed E-state index contributed by atoms with van der Waals surface area (Å²) in [5, 5.41) is 0. The van der Waals surface area contributed by atoms with Crippen LogP contribution in [0.25, 0.3) is 0 Å². The summed E-state index contributed by atoms with van der Waals surface area (Å²) in [4.78, 5) is 10.9. The Labute approximate surface area is 119 Å². The van der Waals surface area contributed by atoms with Gasteiger partial charge >= 0.3 is 5.97 Å². The van der Waals surface area contributed by atoms with Crippen LogP contribution in [-0.4, -0.2) is 13.1 Å². The van der Waals surface area contributed by atoms with E-state index in [0.29, 0.717) is 5.92 Å². The first-order chi connectivity index (χ1) is 9.20. The second-order valence-electron chi connectivity index (χ2n) is 5.48. The van der Waals surface area contributed by atoms with Crippen LogP contribution >= 0.6 is 0 Å². The van der Waals surface area contributed by atoms with Crippen molar-refractivity contribution in [3.8, 4) is 0 Å². The fourth-order valence-corrected chi connectivity index (χ4v) is 2.18. The molecule has 0 aromatic carbocycles. The number of hydrogen-bond acceptors (Lipinski definition) is 2. The number of carbonyl (C=O) groups excluding carboxylic acids is 1. The fraction of sp³-hybridized carbons (Fsp3) is 0.824. The molecule has 2 nitrogen and oxygen atoms in total. The first-order valence-corrected chi connectivity index (χ1v) is 7.96. The van der Waals surface area contributed by atoms with Crippen molar-refractivity contribution in [2.24, 2.45) is 5.92 Å². The lowest BCUT2D eigenvalue weighted by atomic mass is 10.0. The number of unbranched alkanes of at least 4 members (excludes halogenated alkanes) is 8. The average molecular weight is 268 g/mol. The molecule has 0 N–H and O–H groups in total. The molecule has 0 saturated carbocycles. The molecule has 0 amide bonds. The highest BCUT2D eigenvalue weighted by Crippen LogP contribution is 2.14. The minimum Gasteiger partial charge on any atom is -0.466 e. The molecule has 0 fully saturated rings. The van der Waals surface area contributed by atoms with E-state index in [9.17, 15) is 4.79 Å². The van der Waals surface area contributed by atoms with E-state index in [0.717, 1.165) is 0 Å². The molecule has 0 aliphatic heterocycles. The van der Waals surface area contributed by atoms with Crippen LogP contribution in [0.5, 0.6) is 0 Å². The molecule has 0 bridgehead atoms. The van der Waals surface area contributed by atoms with Gasteiger partial charge in [-0.05, 0) is 12.3 Å². The SMILES string of the molecule is CCCCCCCCCCCC(C)/C=C\C(=O)OC. The first-order valence-electron chi connectivity index (χ1n) is 7.96. The molecular formula is C17H32O2. The van der Waals surface area contributed by atoms with E-state index in [2.05, 4.69) is 18.6 Å². The zero-order valence-electron chi connectivity index (χ0n) is 13.1. The molecule has 0 heterocycles.